The molecule has 1 heteroatoms. The first-order chi connectivity index (χ1) is 5.08. The van der Waals surface area contributed by atoms with Gasteiger partial charge in [0.05, 0.1) is 12.0 Å². The molecular formula is C10H15N. The van der Waals surface area contributed by atoms with Crippen LogP contribution in [0.3, 0.4) is 0 Å². The van der Waals surface area contributed by atoms with Gasteiger partial charge in [-0.2, -0.15) is 5.26 Å². The predicted octanol–water partition coefficient (Wildman–Crippen LogP) is 2.89. The van der Waals surface area contributed by atoms with Crippen molar-refractivity contribution in [2.24, 2.45) is 11.3 Å². The Hall–Kier alpha value is -0.770. The van der Waals surface area contributed by atoms with Crippen molar-refractivity contribution in [1.29, 1.82) is 5.26 Å². The molecule has 0 fully saturated rings. The first-order valence-electron chi connectivity index (χ1n) is 4.14. The lowest BCUT2D eigenvalue weighted by Gasteiger charge is -2.33. The van der Waals surface area contributed by atoms with Crippen LogP contribution in [-0.2, 0) is 0 Å². The Morgan fingerprint density at radius 3 is 2.64 bits per heavy atom. The van der Waals surface area contributed by atoms with E-state index in [0.29, 0.717) is 0 Å². The maximum absolute atomic E-state index is 8.91. The molecule has 0 saturated heterocycles. The van der Waals surface area contributed by atoms with Crippen LogP contribution in [0.15, 0.2) is 11.6 Å². The Kier molecular flexibility index (Phi) is 2.04. The van der Waals surface area contributed by atoms with Gasteiger partial charge in [0.1, 0.15) is 0 Å². The molecule has 0 aromatic rings. The fourth-order valence-corrected chi connectivity index (χ4v) is 1.83. The van der Waals surface area contributed by atoms with Crippen LogP contribution in [0.5, 0.6) is 0 Å². The summed E-state index contributed by atoms with van der Waals surface area (Å²) in [5, 5.41) is 8.91. The van der Waals surface area contributed by atoms with Crippen LogP contribution in [-0.4, -0.2) is 0 Å². The molecule has 11 heavy (non-hydrogen) atoms. The summed E-state index contributed by atoms with van der Waals surface area (Å²) in [4.78, 5) is 0. The first kappa shape index (κ1) is 8.33. The van der Waals surface area contributed by atoms with Crippen molar-refractivity contribution in [3.05, 3.63) is 11.6 Å². The topological polar surface area (TPSA) is 23.8 Å². The minimum Gasteiger partial charge on any atom is -0.198 e. The molecule has 1 atom stereocenters. The number of hydrogen-bond donors (Lipinski definition) is 0. The summed E-state index contributed by atoms with van der Waals surface area (Å²) < 4.78 is 0. The van der Waals surface area contributed by atoms with Crippen molar-refractivity contribution < 1.29 is 0 Å². The highest BCUT2D eigenvalue weighted by Crippen LogP contribution is 2.39. The number of hydrogen-bond acceptors (Lipinski definition) is 1. The second kappa shape index (κ2) is 2.70. The summed E-state index contributed by atoms with van der Waals surface area (Å²) in [6.07, 6.45) is 4.47. The molecule has 1 unspecified atom stereocenters. The van der Waals surface area contributed by atoms with Crippen molar-refractivity contribution in [2.75, 3.05) is 0 Å². The summed E-state index contributed by atoms with van der Waals surface area (Å²) in [5.74, 6) is 0.135. The maximum Gasteiger partial charge on any atom is 0.0721 e. The third-order valence-corrected chi connectivity index (χ3v) is 2.62. The fraction of sp³-hybridized carbons (Fsp3) is 0.700. The predicted molar refractivity (Wildman–Crippen MR) is 45.9 cm³/mol. The molecule has 0 bridgehead atoms. The van der Waals surface area contributed by atoms with Crippen molar-refractivity contribution in [1.82, 2.24) is 0 Å². The van der Waals surface area contributed by atoms with Crippen LogP contribution < -0.4 is 0 Å². The molecule has 1 nitrogen and oxygen atoms in total. The van der Waals surface area contributed by atoms with Crippen molar-refractivity contribution >= 4 is 0 Å². The van der Waals surface area contributed by atoms with Gasteiger partial charge in [-0.05, 0) is 25.2 Å². The van der Waals surface area contributed by atoms with E-state index in [0.717, 1.165) is 12.8 Å². The maximum atomic E-state index is 8.91. The zero-order chi connectivity index (χ0) is 8.48. The molecule has 0 aromatic carbocycles. The Bertz CT molecular complexity index is 218. The van der Waals surface area contributed by atoms with Gasteiger partial charge in [-0.15, -0.1) is 0 Å². The van der Waals surface area contributed by atoms with Gasteiger partial charge in [0, 0.05) is 0 Å². The monoisotopic (exact) mass is 150 g/mol. The number of rotatable bonds is 0. The number of nitriles is 1. The molecule has 1 rings (SSSR count). The largest absolute Gasteiger partial charge is 0.198 e. The minimum absolute atomic E-state index is 0.135. The standard InChI is InChI=1S/C10H15N/c1-8-5-4-6-10(2,3)9(8)7-11/h5,9H,4,6H2,1-3H3/i5+1. The molecule has 0 radical (unpaired) electrons. The summed E-state index contributed by atoms with van der Waals surface area (Å²) in [6, 6.07) is 2.38. The molecule has 0 heterocycles. The summed E-state index contributed by atoms with van der Waals surface area (Å²) in [7, 11) is 0. The molecule has 60 valence electrons. The molecule has 0 spiro atoms. The Morgan fingerprint density at radius 1 is 1.64 bits per heavy atom. The van der Waals surface area contributed by atoms with E-state index in [4.69, 9.17) is 5.26 Å². The average Bonchev–Trinajstić information content (AvgIpc) is 1.86. The Labute approximate surface area is 68.7 Å². The molecule has 1 aliphatic carbocycles. The molecule has 0 saturated carbocycles. The smallest absolute Gasteiger partial charge is 0.0721 e. The second-order valence-electron chi connectivity index (χ2n) is 4.04. The van der Waals surface area contributed by atoms with E-state index in [1.54, 1.807) is 0 Å². The highest BCUT2D eigenvalue weighted by molar-refractivity contribution is 5.19. The van der Waals surface area contributed by atoms with Gasteiger partial charge in [-0.25, -0.2) is 0 Å². The van der Waals surface area contributed by atoms with Crippen molar-refractivity contribution in [3.63, 3.8) is 0 Å². The Balaban J connectivity index is 2.91. The van der Waals surface area contributed by atoms with E-state index < -0.39 is 0 Å². The van der Waals surface area contributed by atoms with Crippen LogP contribution in [0.2, 0.25) is 0 Å². The van der Waals surface area contributed by atoms with Crippen LogP contribution in [0.4, 0.5) is 0 Å². The zero-order valence-electron chi connectivity index (χ0n) is 7.52. The van der Waals surface area contributed by atoms with Crippen LogP contribution in [0, 0.1) is 22.7 Å². The average molecular weight is 150 g/mol. The Morgan fingerprint density at radius 2 is 2.27 bits per heavy atom. The summed E-state index contributed by atoms with van der Waals surface area (Å²) in [6.45, 7) is 6.42. The number of nitrogens with zero attached hydrogens (tertiary/aromatic N) is 1. The third-order valence-electron chi connectivity index (χ3n) is 2.62. The van der Waals surface area contributed by atoms with E-state index in [9.17, 15) is 0 Å². The molecule has 0 aromatic heterocycles. The normalized spacial score (nSPS) is 28.9. The third kappa shape index (κ3) is 1.45. The molecule has 1 aliphatic rings. The number of allylic oxidation sites excluding steroid dienone is 2. The zero-order valence-corrected chi connectivity index (χ0v) is 7.52. The lowest BCUT2D eigenvalue weighted by Crippen LogP contribution is -2.26. The van der Waals surface area contributed by atoms with Crippen LogP contribution >= 0.6 is 0 Å². The lowest BCUT2D eigenvalue weighted by atomic mass is 9.72. The summed E-state index contributed by atoms with van der Waals surface area (Å²) in [5.41, 5.74) is 1.44. The highest BCUT2D eigenvalue weighted by atomic mass is 14.4. The van der Waals surface area contributed by atoms with Gasteiger partial charge >= 0.3 is 0 Å². The van der Waals surface area contributed by atoms with Gasteiger partial charge in [0.15, 0.2) is 0 Å². The molecular weight excluding hydrogens is 135 g/mol. The van der Waals surface area contributed by atoms with E-state index in [1.165, 1.54) is 5.57 Å². The van der Waals surface area contributed by atoms with Crippen LogP contribution in [0.1, 0.15) is 33.6 Å². The van der Waals surface area contributed by atoms with E-state index in [-0.39, 0.29) is 11.3 Å². The van der Waals surface area contributed by atoms with Crippen LogP contribution in [0.25, 0.3) is 0 Å². The SMILES string of the molecule is CC1=[13CH]CCC(C)(C)C1C#N. The first-order valence-corrected chi connectivity index (χ1v) is 4.14. The van der Waals surface area contributed by atoms with E-state index in [2.05, 4.69) is 32.9 Å². The minimum atomic E-state index is 0.135. The molecule has 0 aliphatic heterocycles. The van der Waals surface area contributed by atoms with Gasteiger partial charge in [-0.3, -0.25) is 0 Å². The second-order valence-corrected chi connectivity index (χ2v) is 4.04. The summed E-state index contributed by atoms with van der Waals surface area (Å²) >= 11 is 0. The fourth-order valence-electron chi connectivity index (χ4n) is 1.83. The van der Waals surface area contributed by atoms with Gasteiger partial charge in [0.2, 0.25) is 0 Å². The van der Waals surface area contributed by atoms with Gasteiger partial charge in [-0.1, -0.05) is 25.5 Å². The van der Waals surface area contributed by atoms with E-state index >= 15 is 0 Å². The van der Waals surface area contributed by atoms with Gasteiger partial charge in [0.25, 0.3) is 0 Å². The van der Waals surface area contributed by atoms with Gasteiger partial charge < -0.3 is 0 Å². The van der Waals surface area contributed by atoms with E-state index in [1.807, 2.05) is 0 Å². The highest BCUT2D eigenvalue weighted by Gasteiger charge is 2.32. The van der Waals surface area contributed by atoms with Crippen molar-refractivity contribution in [2.45, 2.75) is 33.6 Å². The quantitative estimate of drug-likeness (QED) is 0.385. The molecule has 0 N–H and O–H groups in total. The lowest BCUT2D eigenvalue weighted by molar-refractivity contribution is 0.261. The van der Waals surface area contributed by atoms with Crippen molar-refractivity contribution in [3.8, 4) is 6.07 Å². The molecule has 0 amide bonds.